The first-order valence-electron chi connectivity index (χ1n) is 12.6. The maximum atomic E-state index is 13.3. The molecular formula is C27H24F2N6O4. The third kappa shape index (κ3) is 3.54. The summed E-state index contributed by atoms with van der Waals surface area (Å²) in [6.07, 6.45) is 5.51. The van der Waals surface area contributed by atoms with E-state index >= 15 is 0 Å². The molecule has 2 bridgehead atoms. The Morgan fingerprint density at radius 2 is 1.87 bits per heavy atom. The number of aliphatic hydroxyl groups is 2. The van der Waals surface area contributed by atoms with E-state index in [1.54, 1.807) is 54.2 Å². The number of aromatic nitrogens is 5. The van der Waals surface area contributed by atoms with Gasteiger partial charge in [0.15, 0.2) is 5.82 Å². The number of rotatable bonds is 4. The molecule has 2 aliphatic carbocycles. The van der Waals surface area contributed by atoms with Gasteiger partial charge in [0.25, 0.3) is 5.91 Å². The summed E-state index contributed by atoms with van der Waals surface area (Å²) in [6, 6.07) is 6.15. The van der Waals surface area contributed by atoms with E-state index in [1.807, 2.05) is 6.07 Å². The first kappa shape index (κ1) is 24.0. The number of hydrogen-bond acceptors (Lipinski definition) is 8. The Kier molecular flexibility index (Phi) is 4.93. The van der Waals surface area contributed by atoms with Crippen LogP contribution in [0.5, 0.6) is 5.75 Å². The van der Waals surface area contributed by atoms with Crippen LogP contribution in [0.3, 0.4) is 0 Å². The topological polar surface area (TPSA) is 126 Å². The van der Waals surface area contributed by atoms with Crippen molar-refractivity contribution in [2.75, 3.05) is 7.05 Å². The van der Waals surface area contributed by atoms with Gasteiger partial charge in [-0.1, -0.05) is 6.07 Å². The van der Waals surface area contributed by atoms with Gasteiger partial charge in [-0.25, -0.2) is 19.5 Å². The highest BCUT2D eigenvalue weighted by Gasteiger charge is 2.53. The van der Waals surface area contributed by atoms with Crippen LogP contribution in [0.1, 0.15) is 71.1 Å². The second-order valence-electron chi connectivity index (χ2n) is 10.9. The van der Waals surface area contributed by atoms with Gasteiger partial charge in [-0.15, -0.1) is 0 Å². The minimum atomic E-state index is -3.03. The quantitative estimate of drug-likeness (QED) is 0.409. The Labute approximate surface area is 220 Å². The molecule has 200 valence electrons. The van der Waals surface area contributed by atoms with E-state index < -0.39 is 23.7 Å². The van der Waals surface area contributed by atoms with E-state index in [0.29, 0.717) is 34.5 Å². The number of hydrogen-bond donors (Lipinski definition) is 2. The van der Waals surface area contributed by atoms with Gasteiger partial charge in [0.05, 0.1) is 28.5 Å². The number of fused-ring (bicyclic) bond motifs is 9. The number of ether oxygens (including phenoxy) is 1. The first-order valence-corrected chi connectivity index (χ1v) is 12.6. The Hall–Kier alpha value is -4.03. The number of carbonyl (C=O) groups excluding carboxylic acids is 1. The molecule has 39 heavy (non-hydrogen) atoms. The van der Waals surface area contributed by atoms with Crippen LogP contribution in [0.4, 0.5) is 8.78 Å². The summed E-state index contributed by atoms with van der Waals surface area (Å²) in [5.74, 6) is -0.445. The third-order valence-corrected chi connectivity index (χ3v) is 8.08. The SMILES string of the molecule is CN1C(=O)c2cccc(OC(F)F)c2[C@H]2C[C@@H]1c1nn3cnc(-c4cnc(C5(O)CC(C)(O)C5)nc4)cc3c12. The molecule has 1 aliphatic heterocycles. The molecule has 7 rings (SSSR count). The minimum absolute atomic E-state index is 0.0201. The molecule has 3 aromatic heterocycles. The van der Waals surface area contributed by atoms with Crippen molar-refractivity contribution in [3.63, 3.8) is 0 Å². The monoisotopic (exact) mass is 534 g/mol. The molecule has 0 unspecified atom stereocenters. The lowest BCUT2D eigenvalue weighted by Crippen LogP contribution is -2.53. The van der Waals surface area contributed by atoms with Crippen molar-refractivity contribution in [1.82, 2.24) is 29.5 Å². The second-order valence-corrected chi connectivity index (χ2v) is 10.9. The number of halogens is 2. The standard InChI is InChI=1S/C27H24F2N6O4/c1-26(37)10-27(38,11-26)24-30-8-13(9-31-24)16-7-17-21-15-6-18(22(21)33-35(17)12-32-16)34(2)23(36)14-4-3-5-19(20(14)15)39-25(28)29/h3-5,7-9,12,15,18,25,37-38H,6,10-11H2,1-2H3/t15-,18-,26?,27?/m1/s1. The Balaban J connectivity index is 1.33. The summed E-state index contributed by atoms with van der Waals surface area (Å²) in [7, 11) is 1.69. The van der Waals surface area contributed by atoms with Crippen molar-refractivity contribution >= 4 is 11.4 Å². The van der Waals surface area contributed by atoms with Crippen LogP contribution in [0.15, 0.2) is 43.0 Å². The number of alkyl halides is 2. The highest BCUT2D eigenvalue weighted by molar-refractivity contribution is 5.98. The van der Waals surface area contributed by atoms with E-state index in [4.69, 9.17) is 9.84 Å². The zero-order valence-corrected chi connectivity index (χ0v) is 21.0. The third-order valence-electron chi connectivity index (χ3n) is 8.08. The smallest absolute Gasteiger partial charge is 0.387 e. The fraction of sp³-hybridized carbons (Fsp3) is 0.370. The summed E-state index contributed by atoms with van der Waals surface area (Å²) in [6.45, 7) is -1.37. The van der Waals surface area contributed by atoms with Gasteiger partial charge in [-0.2, -0.15) is 13.9 Å². The molecular weight excluding hydrogens is 510 g/mol. The van der Waals surface area contributed by atoms with Crippen molar-refractivity contribution in [3.05, 3.63) is 71.2 Å². The lowest BCUT2D eigenvalue weighted by molar-refractivity contribution is -0.180. The normalized spacial score (nSPS) is 27.4. The molecule has 4 heterocycles. The molecule has 1 amide bonds. The van der Waals surface area contributed by atoms with Crippen LogP contribution in [0, 0.1) is 0 Å². The van der Waals surface area contributed by atoms with E-state index in [1.165, 1.54) is 6.07 Å². The molecule has 4 aromatic rings. The van der Waals surface area contributed by atoms with Crippen molar-refractivity contribution in [3.8, 4) is 17.0 Å². The molecule has 0 radical (unpaired) electrons. The Bertz CT molecular complexity index is 1650. The van der Waals surface area contributed by atoms with E-state index in [-0.39, 0.29) is 36.4 Å². The molecule has 10 nitrogen and oxygen atoms in total. The lowest BCUT2D eigenvalue weighted by atomic mass is 9.68. The minimum Gasteiger partial charge on any atom is -0.434 e. The predicted molar refractivity (Wildman–Crippen MR) is 132 cm³/mol. The zero-order valence-electron chi connectivity index (χ0n) is 21.0. The van der Waals surface area contributed by atoms with Gasteiger partial charge < -0.3 is 19.8 Å². The van der Waals surface area contributed by atoms with E-state index in [0.717, 1.165) is 11.1 Å². The number of benzene rings is 1. The average Bonchev–Trinajstić information content (AvgIpc) is 3.40. The summed E-state index contributed by atoms with van der Waals surface area (Å²) in [5.41, 5.74) is 1.97. The molecule has 1 aromatic carbocycles. The molecule has 0 spiro atoms. The highest BCUT2D eigenvalue weighted by Crippen LogP contribution is 2.53. The molecule has 1 fully saturated rings. The molecule has 3 aliphatic rings. The summed E-state index contributed by atoms with van der Waals surface area (Å²) in [4.78, 5) is 28.1. The van der Waals surface area contributed by atoms with Crippen LogP contribution in [-0.2, 0) is 5.60 Å². The molecule has 12 heteroatoms. The largest absolute Gasteiger partial charge is 0.434 e. The molecule has 2 atom stereocenters. The fourth-order valence-electron chi connectivity index (χ4n) is 6.50. The number of amides is 1. The summed E-state index contributed by atoms with van der Waals surface area (Å²) < 4.78 is 33.1. The van der Waals surface area contributed by atoms with Crippen molar-refractivity contribution in [1.29, 1.82) is 0 Å². The molecule has 1 saturated carbocycles. The van der Waals surface area contributed by atoms with Gasteiger partial charge in [0.1, 0.15) is 17.7 Å². The van der Waals surface area contributed by atoms with Gasteiger partial charge in [0, 0.05) is 60.5 Å². The van der Waals surface area contributed by atoms with Gasteiger partial charge >= 0.3 is 6.61 Å². The number of nitrogens with zero attached hydrogens (tertiary/aromatic N) is 6. The van der Waals surface area contributed by atoms with Crippen LogP contribution in [0.2, 0.25) is 0 Å². The van der Waals surface area contributed by atoms with Crippen LogP contribution in [-0.4, -0.2) is 64.8 Å². The fourth-order valence-corrected chi connectivity index (χ4v) is 6.50. The van der Waals surface area contributed by atoms with Crippen LogP contribution < -0.4 is 4.74 Å². The summed E-state index contributed by atoms with van der Waals surface area (Å²) in [5, 5.41) is 25.5. The molecule has 2 N–H and O–H groups in total. The van der Waals surface area contributed by atoms with Gasteiger partial charge in [0.2, 0.25) is 0 Å². The predicted octanol–water partition coefficient (Wildman–Crippen LogP) is 3.18. The van der Waals surface area contributed by atoms with Crippen LogP contribution >= 0.6 is 0 Å². The number of carbonyl (C=O) groups is 1. The zero-order chi connectivity index (χ0) is 27.3. The van der Waals surface area contributed by atoms with Gasteiger partial charge in [-0.05, 0) is 31.5 Å². The van der Waals surface area contributed by atoms with Gasteiger partial charge in [-0.3, -0.25) is 4.79 Å². The Morgan fingerprint density at radius 1 is 1.13 bits per heavy atom. The van der Waals surface area contributed by atoms with E-state index in [2.05, 4.69) is 15.0 Å². The second kappa shape index (κ2) is 7.99. The van der Waals surface area contributed by atoms with Crippen molar-refractivity contribution < 1.29 is 28.5 Å². The first-order chi connectivity index (χ1) is 18.5. The average molecular weight is 535 g/mol. The highest BCUT2D eigenvalue weighted by atomic mass is 19.3. The summed E-state index contributed by atoms with van der Waals surface area (Å²) >= 11 is 0. The molecule has 0 saturated heterocycles. The van der Waals surface area contributed by atoms with Crippen molar-refractivity contribution in [2.45, 2.75) is 56.0 Å². The van der Waals surface area contributed by atoms with E-state index in [9.17, 15) is 23.8 Å². The lowest BCUT2D eigenvalue weighted by Gasteiger charge is -2.46. The van der Waals surface area contributed by atoms with Crippen LogP contribution in [0.25, 0.3) is 16.8 Å². The maximum absolute atomic E-state index is 13.3. The maximum Gasteiger partial charge on any atom is 0.387 e. The Morgan fingerprint density at radius 3 is 2.56 bits per heavy atom. The van der Waals surface area contributed by atoms with Crippen molar-refractivity contribution in [2.24, 2.45) is 0 Å².